The molecule has 0 radical (unpaired) electrons. The summed E-state index contributed by atoms with van der Waals surface area (Å²) >= 11 is 0. The van der Waals surface area contributed by atoms with E-state index in [2.05, 4.69) is 39.0 Å². The van der Waals surface area contributed by atoms with E-state index in [0.717, 1.165) is 5.56 Å². The summed E-state index contributed by atoms with van der Waals surface area (Å²) in [5.41, 5.74) is -1.90. The van der Waals surface area contributed by atoms with Crippen molar-refractivity contribution >= 4 is 5.90 Å². The molecule has 0 amide bonds. The lowest BCUT2D eigenvalue weighted by Gasteiger charge is -2.48. The lowest BCUT2D eigenvalue weighted by atomic mass is 9.53. The third-order valence-corrected chi connectivity index (χ3v) is 6.37. The van der Waals surface area contributed by atoms with Crippen LogP contribution in [-0.4, -0.2) is 11.7 Å². The minimum absolute atomic E-state index is 0.0517. The van der Waals surface area contributed by atoms with E-state index in [0.29, 0.717) is 18.4 Å². The molecular weight excluding hydrogens is 364 g/mol. The lowest BCUT2D eigenvalue weighted by Crippen LogP contribution is -2.58. The molecule has 0 saturated carbocycles. The molecule has 0 spiro atoms. The first-order valence-electron chi connectivity index (χ1n) is 9.86. The highest BCUT2D eigenvalue weighted by molar-refractivity contribution is 5.89. The van der Waals surface area contributed by atoms with Crippen LogP contribution in [-0.2, 0) is 14.9 Å². The Hall–Kier alpha value is -2.88. The van der Waals surface area contributed by atoms with Gasteiger partial charge >= 0.3 is 0 Å². The number of fused-ring (bicyclic) bond motifs is 2. The van der Waals surface area contributed by atoms with Crippen molar-refractivity contribution in [3.8, 4) is 18.2 Å². The summed E-state index contributed by atoms with van der Waals surface area (Å²) in [7, 11) is 0. The molecule has 1 aromatic rings. The number of nitrogens with zero attached hydrogens (tertiary/aromatic N) is 3. The van der Waals surface area contributed by atoms with E-state index in [9.17, 15) is 15.8 Å². The number of benzene rings is 1. The second-order valence-corrected chi connectivity index (χ2v) is 9.11. The van der Waals surface area contributed by atoms with Gasteiger partial charge < -0.3 is 9.47 Å². The van der Waals surface area contributed by atoms with Gasteiger partial charge in [0, 0.05) is 6.92 Å². The van der Waals surface area contributed by atoms with Crippen molar-refractivity contribution in [1.29, 1.82) is 21.2 Å². The van der Waals surface area contributed by atoms with Crippen LogP contribution in [0, 0.1) is 56.2 Å². The largest absolute Gasteiger partial charge is 0.448 e. The Labute approximate surface area is 172 Å². The Kier molecular flexibility index (Phi) is 4.73. The number of nitrogens with one attached hydrogen (secondary N) is 1. The van der Waals surface area contributed by atoms with Gasteiger partial charge in [-0.3, -0.25) is 5.41 Å². The normalized spacial score (nSPS) is 32.6. The van der Waals surface area contributed by atoms with E-state index >= 15 is 0 Å². The quantitative estimate of drug-likeness (QED) is 0.800. The van der Waals surface area contributed by atoms with Crippen LogP contribution < -0.4 is 0 Å². The highest BCUT2D eigenvalue weighted by atomic mass is 16.7. The Morgan fingerprint density at radius 3 is 2.10 bits per heavy atom. The van der Waals surface area contributed by atoms with Crippen molar-refractivity contribution in [2.45, 2.75) is 64.8 Å². The van der Waals surface area contributed by atoms with Gasteiger partial charge in [0.25, 0.3) is 0 Å². The van der Waals surface area contributed by atoms with E-state index in [1.165, 1.54) is 0 Å². The molecule has 0 aromatic heterocycles. The maximum absolute atomic E-state index is 10.2. The van der Waals surface area contributed by atoms with Gasteiger partial charge in [-0.15, -0.1) is 0 Å². The van der Waals surface area contributed by atoms with Gasteiger partial charge in [0.2, 0.25) is 17.1 Å². The van der Waals surface area contributed by atoms with Gasteiger partial charge in [0.05, 0.1) is 24.1 Å². The molecule has 6 nitrogen and oxygen atoms in total. The highest BCUT2D eigenvalue weighted by Gasteiger charge is 2.78. The zero-order valence-electron chi connectivity index (χ0n) is 17.5. The number of hydrogen-bond acceptors (Lipinski definition) is 6. The van der Waals surface area contributed by atoms with Crippen LogP contribution in [0.5, 0.6) is 0 Å². The lowest BCUT2D eigenvalue weighted by molar-refractivity contribution is -0.274. The fraction of sp³-hybridized carbons (Fsp3) is 0.565. The van der Waals surface area contributed by atoms with Crippen LogP contribution in [0.4, 0.5) is 0 Å². The Morgan fingerprint density at radius 2 is 1.66 bits per heavy atom. The van der Waals surface area contributed by atoms with E-state index < -0.39 is 28.6 Å². The van der Waals surface area contributed by atoms with Crippen molar-refractivity contribution in [2.24, 2.45) is 16.7 Å². The standard InChI is InChI=1S/C23H26N4O2/c1-6-7-17-21(5)28-18(15-8-10-16(11-9-15)20(2,3)4)22(12-24,13-25)23(17,14-26)19(27)29-21/h8-11,17-18,27H,6-7H2,1-5H3. The molecule has 1 N–H and O–H groups in total. The molecule has 2 bridgehead atoms. The summed E-state index contributed by atoms with van der Waals surface area (Å²) in [4.78, 5) is 0. The van der Waals surface area contributed by atoms with E-state index in [1.54, 1.807) is 6.92 Å². The summed E-state index contributed by atoms with van der Waals surface area (Å²) in [5.74, 6) is -2.17. The maximum atomic E-state index is 10.2. The summed E-state index contributed by atoms with van der Waals surface area (Å²) in [5, 5.41) is 39.1. The van der Waals surface area contributed by atoms with E-state index in [4.69, 9.17) is 14.9 Å². The first-order valence-corrected chi connectivity index (χ1v) is 9.86. The molecule has 2 saturated heterocycles. The zero-order chi connectivity index (χ0) is 21.7. The SMILES string of the molecule is CCCC1C2(C)OC(=N)C1(C#N)C(C#N)(C#N)C(c1ccc(C(C)(C)C)cc1)O2. The summed E-state index contributed by atoms with van der Waals surface area (Å²) < 4.78 is 12.0. The molecule has 4 unspecified atom stereocenters. The average Bonchev–Trinajstić information content (AvgIpc) is 2.84. The molecule has 2 heterocycles. The molecule has 1 aromatic carbocycles. The van der Waals surface area contributed by atoms with Crippen molar-refractivity contribution in [3.05, 3.63) is 35.4 Å². The minimum atomic E-state index is -1.89. The molecular formula is C23H26N4O2. The Balaban J connectivity index is 2.23. The summed E-state index contributed by atoms with van der Waals surface area (Å²) in [6.45, 7) is 9.96. The molecule has 3 rings (SSSR count). The number of rotatable bonds is 3. The van der Waals surface area contributed by atoms with Crippen LogP contribution in [0.1, 0.15) is 64.7 Å². The third kappa shape index (κ3) is 2.58. The topological polar surface area (TPSA) is 114 Å². The molecule has 2 fully saturated rings. The van der Waals surface area contributed by atoms with E-state index in [1.807, 2.05) is 31.2 Å². The van der Waals surface area contributed by atoms with Crippen LogP contribution in [0.25, 0.3) is 0 Å². The highest BCUT2D eigenvalue weighted by Crippen LogP contribution is 2.67. The van der Waals surface area contributed by atoms with Crippen LogP contribution >= 0.6 is 0 Å². The second kappa shape index (κ2) is 6.58. The van der Waals surface area contributed by atoms with Gasteiger partial charge in [0.1, 0.15) is 6.10 Å². The predicted octanol–water partition coefficient (Wildman–Crippen LogP) is 4.74. The number of nitriles is 3. The van der Waals surface area contributed by atoms with Crippen LogP contribution in [0.15, 0.2) is 24.3 Å². The smallest absolute Gasteiger partial charge is 0.214 e. The van der Waals surface area contributed by atoms with Crippen molar-refractivity contribution in [3.63, 3.8) is 0 Å². The molecule has 0 aliphatic carbocycles. The first kappa shape index (κ1) is 20.8. The molecule has 150 valence electrons. The maximum Gasteiger partial charge on any atom is 0.214 e. The summed E-state index contributed by atoms with van der Waals surface area (Å²) in [6, 6.07) is 13.9. The van der Waals surface area contributed by atoms with Gasteiger partial charge in [-0.05, 0) is 23.0 Å². The second-order valence-electron chi connectivity index (χ2n) is 9.11. The van der Waals surface area contributed by atoms with Gasteiger partial charge in [-0.25, -0.2) is 0 Å². The van der Waals surface area contributed by atoms with Crippen molar-refractivity contribution in [2.75, 3.05) is 0 Å². The number of ether oxygens (including phenoxy) is 2. The fourth-order valence-corrected chi connectivity index (χ4v) is 4.77. The zero-order valence-corrected chi connectivity index (χ0v) is 17.5. The molecule has 6 heteroatoms. The summed E-state index contributed by atoms with van der Waals surface area (Å²) in [6.07, 6.45) is 0.210. The van der Waals surface area contributed by atoms with E-state index in [-0.39, 0.29) is 11.3 Å². The first-order chi connectivity index (χ1) is 13.6. The Bertz CT molecular complexity index is 943. The molecule has 2 aliphatic heterocycles. The van der Waals surface area contributed by atoms with Gasteiger partial charge in [0.15, 0.2) is 5.41 Å². The molecule has 29 heavy (non-hydrogen) atoms. The minimum Gasteiger partial charge on any atom is -0.448 e. The Morgan fingerprint density at radius 1 is 1.07 bits per heavy atom. The van der Waals surface area contributed by atoms with Crippen LogP contribution in [0.3, 0.4) is 0 Å². The van der Waals surface area contributed by atoms with Gasteiger partial charge in [-0.1, -0.05) is 58.4 Å². The fourth-order valence-electron chi connectivity index (χ4n) is 4.77. The monoisotopic (exact) mass is 390 g/mol. The number of hydrogen-bond donors (Lipinski definition) is 1. The van der Waals surface area contributed by atoms with Crippen molar-refractivity contribution < 1.29 is 9.47 Å². The van der Waals surface area contributed by atoms with Crippen molar-refractivity contribution in [1.82, 2.24) is 0 Å². The average molecular weight is 390 g/mol. The van der Waals surface area contributed by atoms with Crippen LogP contribution in [0.2, 0.25) is 0 Å². The molecule has 2 aliphatic rings. The molecule has 4 atom stereocenters. The van der Waals surface area contributed by atoms with Gasteiger partial charge in [-0.2, -0.15) is 15.8 Å². The predicted molar refractivity (Wildman–Crippen MR) is 106 cm³/mol. The third-order valence-electron chi connectivity index (χ3n) is 6.37.